The molecule has 0 unspecified atom stereocenters. The maximum atomic E-state index is 10.4. The normalized spacial score (nSPS) is 10.5. The average Bonchev–Trinajstić information content (AvgIpc) is 2.15. The number of nitro benzene ring substituents is 1. The third-order valence-corrected chi connectivity index (χ3v) is 1.66. The number of non-ortho nitro benzene ring substituents is 1. The minimum Gasteiger partial charge on any atom is -0.397 e. The van der Waals surface area contributed by atoms with E-state index >= 15 is 0 Å². The van der Waals surface area contributed by atoms with Crippen LogP contribution in [0.4, 0.5) is 17.1 Å². The number of nitrogens with two attached hydrogens (primary N) is 1. The standard InChI is InChI=1S/C9H8ClN3O2/c1-6(10)5-12-9-3-2-7(13(14)15)4-8(9)11/h2-5H,1,11H2. The second-order valence-corrected chi connectivity index (χ2v) is 3.19. The molecule has 15 heavy (non-hydrogen) atoms. The fraction of sp³-hybridized carbons (Fsp3) is 0. The summed E-state index contributed by atoms with van der Waals surface area (Å²) in [5.41, 5.74) is 6.12. The Balaban J connectivity index is 3.03. The first kappa shape index (κ1) is 11.2. The Hall–Kier alpha value is -1.88. The fourth-order valence-corrected chi connectivity index (χ4v) is 0.961. The van der Waals surface area contributed by atoms with Crippen LogP contribution in [0.5, 0.6) is 0 Å². The number of anilines is 1. The maximum absolute atomic E-state index is 10.4. The molecule has 1 aromatic rings. The molecular weight excluding hydrogens is 218 g/mol. The van der Waals surface area contributed by atoms with Crippen molar-refractivity contribution in [2.75, 3.05) is 5.73 Å². The smallest absolute Gasteiger partial charge is 0.271 e. The van der Waals surface area contributed by atoms with Gasteiger partial charge in [-0.05, 0) is 6.07 Å². The van der Waals surface area contributed by atoms with Gasteiger partial charge in [0.1, 0.15) is 0 Å². The monoisotopic (exact) mass is 225 g/mol. The van der Waals surface area contributed by atoms with Gasteiger partial charge in [0.15, 0.2) is 0 Å². The van der Waals surface area contributed by atoms with E-state index in [-0.39, 0.29) is 16.4 Å². The molecule has 0 aliphatic carbocycles. The SMILES string of the molecule is C=C(Cl)C=Nc1ccc([N+](=O)[O-])cc1N. The van der Waals surface area contributed by atoms with Crippen molar-refractivity contribution < 1.29 is 4.92 Å². The van der Waals surface area contributed by atoms with Gasteiger partial charge in [-0.2, -0.15) is 0 Å². The lowest BCUT2D eigenvalue weighted by Gasteiger charge is -1.98. The molecule has 0 saturated carbocycles. The van der Waals surface area contributed by atoms with Crippen LogP contribution in [0.2, 0.25) is 0 Å². The van der Waals surface area contributed by atoms with Crippen LogP contribution in [-0.2, 0) is 0 Å². The van der Waals surface area contributed by atoms with Crippen LogP contribution < -0.4 is 5.73 Å². The lowest BCUT2D eigenvalue weighted by atomic mass is 10.2. The number of nitrogens with zero attached hydrogens (tertiary/aromatic N) is 2. The molecular formula is C9H8ClN3O2. The summed E-state index contributed by atoms with van der Waals surface area (Å²) < 4.78 is 0. The summed E-state index contributed by atoms with van der Waals surface area (Å²) >= 11 is 5.47. The number of halogens is 1. The number of rotatable bonds is 3. The van der Waals surface area contributed by atoms with Gasteiger partial charge in [-0.3, -0.25) is 15.1 Å². The summed E-state index contributed by atoms with van der Waals surface area (Å²) in [4.78, 5) is 13.8. The molecule has 78 valence electrons. The lowest BCUT2D eigenvalue weighted by molar-refractivity contribution is -0.384. The Morgan fingerprint density at radius 3 is 2.80 bits per heavy atom. The zero-order valence-corrected chi connectivity index (χ0v) is 8.44. The molecule has 0 amide bonds. The molecule has 0 aliphatic rings. The van der Waals surface area contributed by atoms with Crippen molar-refractivity contribution in [2.45, 2.75) is 0 Å². The molecule has 0 fully saturated rings. The molecule has 0 spiro atoms. The van der Waals surface area contributed by atoms with E-state index in [0.717, 1.165) is 0 Å². The summed E-state index contributed by atoms with van der Waals surface area (Å²) in [6, 6.07) is 4.01. The Morgan fingerprint density at radius 1 is 1.67 bits per heavy atom. The Labute approximate surface area is 91.0 Å². The number of nitro groups is 1. The minimum atomic E-state index is -0.523. The van der Waals surface area contributed by atoms with E-state index in [9.17, 15) is 10.1 Å². The quantitative estimate of drug-likeness (QED) is 0.372. The molecule has 2 N–H and O–H groups in total. The van der Waals surface area contributed by atoms with Gasteiger partial charge in [0.05, 0.1) is 21.3 Å². The van der Waals surface area contributed by atoms with Crippen LogP contribution in [0.25, 0.3) is 0 Å². The van der Waals surface area contributed by atoms with Gasteiger partial charge in [-0.1, -0.05) is 18.2 Å². The van der Waals surface area contributed by atoms with Crippen LogP contribution in [0.1, 0.15) is 0 Å². The molecule has 0 aliphatic heterocycles. The molecule has 0 atom stereocenters. The van der Waals surface area contributed by atoms with E-state index in [0.29, 0.717) is 5.69 Å². The van der Waals surface area contributed by atoms with Gasteiger partial charge < -0.3 is 5.73 Å². The van der Waals surface area contributed by atoms with Gasteiger partial charge in [0.2, 0.25) is 0 Å². The molecule has 0 aromatic heterocycles. The Morgan fingerprint density at radius 2 is 2.33 bits per heavy atom. The van der Waals surface area contributed by atoms with Gasteiger partial charge in [-0.15, -0.1) is 0 Å². The fourth-order valence-electron chi connectivity index (χ4n) is 0.913. The van der Waals surface area contributed by atoms with Crippen LogP contribution in [0.3, 0.4) is 0 Å². The number of hydrogen-bond acceptors (Lipinski definition) is 4. The number of aliphatic imine (C=N–C) groups is 1. The summed E-state index contributed by atoms with van der Waals surface area (Å²) in [7, 11) is 0. The first-order chi connectivity index (χ1) is 7.00. The molecule has 1 aromatic carbocycles. The van der Waals surface area contributed by atoms with Crippen molar-refractivity contribution >= 4 is 34.9 Å². The molecule has 0 radical (unpaired) electrons. The van der Waals surface area contributed by atoms with Gasteiger partial charge in [-0.25, -0.2) is 0 Å². The summed E-state index contributed by atoms with van der Waals surface area (Å²) in [5.74, 6) is 0. The lowest BCUT2D eigenvalue weighted by Crippen LogP contribution is -1.91. The number of nitrogen functional groups attached to an aromatic ring is 1. The van der Waals surface area contributed by atoms with Crippen molar-refractivity contribution in [2.24, 2.45) is 4.99 Å². The van der Waals surface area contributed by atoms with Crippen molar-refractivity contribution in [1.29, 1.82) is 0 Å². The predicted molar refractivity (Wildman–Crippen MR) is 60.7 cm³/mol. The molecule has 1 rings (SSSR count). The van der Waals surface area contributed by atoms with Crippen molar-refractivity contribution in [1.82, 2.24) is 0 Å². The molecule has 6 heteroatoms. The van der Waals surface area contributed by atoms with E-state index < -0.39 is 4.92 Å². The van der Waals surface area contributed by atoms with Crippen LogP contribution in [0, 0.1) is 10.1 Å². The predicted octanol–water partition coefficient (Wildman–Crippen LogP) is 2.63. The highest BCUT2D eigenvalue weighted by atomic mass is 35.5. The number of hydrogen-bond donors (Lipinski definition) is 1. The Bertz CT molecular complexity index is 443. The highest BCUT2D eigenvalue weighted by Crippen LogP contribution is 2.26. The average molecular weight is 226 g/mol. The van der Waals surface area contributed by atoms with Gasteiger partial charge in [0.25, 0.3) is 5.69 Å². The third-order valence-electron chi connectivity index (χ3n) is 1.57. The largest absolute Gasteiger partial charge is 0.397 e. The minimum absolute atomic E-state index is 0.0730. The molecule has 0 saturated heterocycles. The van der Waals surface area contributed by atoms with Crippen LogP contribution in [-0.4, -0.2) is 11.1 Å². The zero-order chi connectivity index (χ0) is 11.4. The topological polar surface area (TPSA) is 81.5 Å². The zero-order valence-electron chi connectivity index (χ0n) is 7.68. The first-order valence-corrected chi connectivity index (χ1v) is 4.31. The van der Waals surface area contributed by atoms with Crippen molar-refractivity contribution in [3.05, 3.63) is 39.9 Å². The highest BCUT2D eigenvalue weighted by molar-refractivity contribution is 6.39. The first-order valence-electron chi connectivity index (χ1n) is 3.93. The molecule has 0 bridgehead atoms. The second kappa shape index (κ2) is 4.56. The van der Waals surface area contributed by atoms with E-state index in [1.807, 2.05) is 0 Å². The highest BCUT2D eigenvalue weighted by Gasteiger charge is 2.07. The summed E-state index contributed by atoms with van der Waals surface area (Å²) in [6.07, 6.45) is 1.32. The van der Waals surface area contributed by atoms with Gasteiger partial charge in [0, 0.05) is 18.3 Å². The molecule has 5 nitrogen and oxygen atoms in total. The van der Waals surface area contributed by atoms with E-state index in [4.69, 9.17) is 17.3 Å². The maximum Gasteiger partial charge on any atom is 0.271 e. The van der Waals surface area contributed by atoms with E-state index in [1.54, 1.807) is 0 Å². The second-order valence-electron chi connectivity index (χ2n) is 2.71. The molecule has 0 heterocycles. The van der Waals surface area contributed by atoms with Crippen LogP contribution >= 0.6 is 11.6 Å². The van der Waals surface area contributed by atoms with E-state index in [2.05, 4.69) is 11.6 Å². The van der Waals surface area contributed by atoms with E-state index in [1.165, 1.54) is 24.4 Å². The Kier molecular flexibility index (Phi) is 3.41. The van der Waals surface area contributed by atoms with Crippen LogP contribution in [0.15, 0.2) is 34.8 Å². The van der Waals surface area contributed by atoms with Gasteiger partial charge >= 0.3 is 0 Å². The number of allylic oxidation sites excluding steroid dienone is 1. The summed E-state index contributed by atoms with van der Waals surface area (Å²) in [6.45, 7) is 3.41. The third kappa shape index (κ3) is 3.07. The number of benzene rings is 1. The van der Waals surface area contributed by atoms with Crippen molar-refractivity contribution in [3.63, 3.8) is 0 Å². The summed E-state index contributed by atoms with van der Waals surface area (Å²) in [5, 5.41) is 10.7. The van der Waals surface area contributed by atoms with Crippen molar-refractivity contribution in [3.8, 4) is 0 Å².